The minimum atomic E-state index is 0.606. The third-order valence-electron chi connectivity index (χ3n) is 3.25. The van der Waals surface area contributed by atoms with Crippen LogP contribution in [0.1, 0.15) is 12.5 Å². The Bertz CT molecular complexity index is 754. The molecule has 21 heavy (non-hydrogen) atoms. The lowest BCUT2D eigenvalue weighted by molar-refractivity contribution is 0.340. The van der Waals surface area contributed by atoms with E-state index in [1.165, 1.54) is 5.56 Å². The lowest BCUT2D eigenvalue weighted by Gasteiger charge is -2.09. The van der Waals surface area contributed by atoms with E-state index in [0.717, 1.165) is 16.7 Å². The van der Waals surface area contributed by atoms with Crippen LogP contribution in [0.5, 0.6) is 5.75 Å². The molecule has 0 atom stereocenters. The van der Waals surface area contributed by atoms with Crippen LogP contribution in [0.15, 0.2) is 42.7 Å². The first-order chi connectivity index (χ1) is 10.3. The Morgan fingerprint density at radius 3 is 3.05 bits per heavy atom. The Morgan fingerprint density at radius 1 is 1.33 bits per heavy atom. The minimum absolute atomic E-state index is 0.606. The number of nitrogens with zero attached hydrogens (tertiary/aromatic N) is 1. The number of hydrogen-bond acceptors (Lipinski definition) is 3. The maximum atomic E-state index is 6.18. The molecule has 0 bridgehead atoms. The number of halogens is 1. The number of benzene rings is 1. The van der Waals surface area contributed by atoms with E-state index >= 15 is 0 Å². The summed E-state index contributed by atoms with van der Waals surface area (Å²) in [5.74, 6) is 0.709. The average Bonchev–Trinajstić information content (AvgIpc) is 2.91. The standard InChI is InChI=1S/C16H16ClN3O/c1-2-21-15-6-5-12(8-14(15)17)19-9-11-10-20-16-13(11)4-3-7-18-16/h3-8,10,19H,2,9H2,1H3,(H,18,20). The van der Waals surface area contributed by atoms with Gasteiger partial charge in [0.25, 0.3) is 0 Å². The molecule has 0 aliphatic heterocycles. The van der Waals surface area contributed by atoms with Gasteiger partial charge in [-0.2, -0.15) is 0 Å². The third kappa shape index (κ3) is 2.95. The zero-order chi connectivity index (χ0) is 14.7. The first kappa shape index (κ1) is 13.8. The van der Waals surface area contributed by atoms with Crippen molar-refractivity contribution in [1.29, 1.82) is 0 Å². The van der Waals surface area contributed by atoms with Gasteiger partial charge >= 0.3 is 0 Å². The molecule has 0 radical (unpaired) electrons. The molecule has 2 aromatic heterocycles. The fourth-order valence-electron chi connectivity index (χ4n) is 2.24. The van der Waals surface area contributed by atoms with Crippen molar-refractivity contribution in [2.75, 3.05) is 11.9 Å². The number of fused-ring (bicyclic) bond motifs is 1. The predicted octanol–water partition coefficient (Wildman–Crippen LogP) is 4.23. The quantitative estimate of drug-likeness (QED) is 0.741. The molecule has 108 valence electrons. The molecule has 5 heteroatoms. The Labute approximate surface area is 128 Å². The Kier molecular flexibility index (Phi) is 3.97. The highest BCUT2D eigenvalue weighted by Crippen LogP contribution is 2.28. The first-order valence-electron chi connectivity index (χ1n) is 6.85. The number of pyridine rings is 1. The number of anilines is 1. The number of ether oxygens (including phenoxy) is 1. The van der Waals surface area contributed by atoms with Gasteiger partial charge in [-0.15, -0.1) is 0 Å². The molecule has 3 aromatic rings. The van der Waals surface area contributed by atoms with Crippen LogP contribution >= 0.6 is 11.6 Å². The van der Waals surface area contributed by atoms with Crippen LogP contribution in [-0.2, 0) is 6.54 Å². The fraction of sp³-hybridized carbons (Fsp3) is 0.188. The molecule has 3 rings (SSSR count). The summed E-state index contributed by atoms with van der Waals surface area (Å²) < 4.78 is 5.43. The number of rotatable bonds is 5. The summed E-state index contributed by atoms with van der Waals surface area (Å²) in [6, 6.07) is 9.71. The van der Waals surface area contributed by atoms with Gasteiger partial charge in [0.2, 0.25) is 0 Å². The Hall–Kier alpha value is -2.20. The van der Waals surface area contributed by atoms with Gasteiger partial charge in [0.1, 0.15) is 11.4 Å². The first-order valence-corrected chi connectivity index (χ1v) is 7.23. The van der Waals surface area contributed by atoms with Crippen LogP contribution in [0.2, 0.25) is 5.02 Å². The smallest absolute Gasteiger partial charge is 0.138 e. The third-order valence-corrected chi connectivity index (χ3v) is 3.55. The van der Waals surface area contributed by atoms with Crippen molar-refractivity contribution in [3.05, 3.63) is 53.3 Å². The molecule has 1 aromatic carbocycles. The van der Waals surface area contributed by atoms with Gasteiger partial charge < -0.3 is 15.0 Å². The van der Waals surface area contributed by atoms with Crippen LogP contribution in [0.25, 0.3) is 11.0 Å². The number of aromatic amines is 1. The van der Waals surface area contributed by atoms with E-state index in [4.69, 9.17) is 16.3 Å². The predicted molar refractivity (Wildman–Crippen MR) is 86.0 cm³/mol. The summed E-state index contributed by atoms with van der Waals surface area (Å²) in [5, 5.41) is 5.10. The zero-order valence-electron chi connectivity index (χ0n) is 11.7. The summed E-state index contributed by atoms with van der Waals surface area (Å²) in [6.45, 7) is 3.25. The molecule has 4 nitrogen and oxygen atoms in total. The number of nitrogens with one attached hydrogen (secondary N) is 2. The average molecular weight is 302 g/mol. The van der Waals surface area contributed by atoms with Crippen LogP contribution in [0, 0.1) is 0 Å². The summed E-state index contributed by atoms with van der Waals surface area (Å²) in [6.07, 6.45) is 3.75. The summed E-state index contributed by atoms with van der Waals surface area (Å²) in [7, 11) is 0. The highest BCUT2D eigenvalue weighted by atomic mass is 35.5. The molecule has 0 saturated heterocycles. The maximum absolute atomic E-state index is 6.18. The second kappa shape index (κ2) is 6.06. The van der Waals surface area contributed by atoms with Gasteiger partial charge in [-0.25, -0.2) is 4.98 Å². The van der Waals surface area contributed by atoms with Crippen LogP contribution < -0.4 is 10.1 Å². The molecule has 0 fully saturated rings. The Morgan fingerprint density at radius 2 is 2.24 bits per heavy atom. The second-order valence-electron chi connectivity index (χ2n) is 4.65. The molecule has 0 aliphatic rings. The molecule has 0 spiro atoms. The summed E-state index contributed by atoms with van der Waals surface area (Å²) >= 11 is 6.18. The van der Waals surface area contributed by atoms with Gasteiger partial charge in [0.05, 0.1) is 11.6 Å². The van der Waals surface area contributed by atoms with Crippen molar-refractivity contribution in [3.63, 3.8) is 0 Å². The molecule has 0 unspecified atom stereocenters. The molecular weight excluding hydrogens is 286 g/mol. The van der Waals surface area contributed by atoms with Crippen molar-refractivity contribution in [1.82, 2.24) is 9.97 Å². The maximum Gasteiger partial charge on any atom is 0.138 e. The van der Waals surface area contributed by atoms with Crippen molar-refractivity contribution in [3.8, 4) is 5.75 Å². The number of H-pyrrole nitrogens is 1. The molecule has 0 saturated carbocycles. The number of hydrogen-bond donors (Lipinski definition) is 2. The van der Waals surface area contributed by atoms with Gasteiger partial charge in [0.15, 0.2) is 0 Å². The van der Waals surface area contributed by atoms with E-state index in [1.54, 1.807) is 6.20 Å². The summed E-state index contributed by atoms with van der Waals surface area (Å²) in [5.41, 5.74) is 3.03. The monoisotopic (exact) mass is 301 g/mol. The van der Waals surface area contributed by atoms with Gasteiger partial charge in [0, 0.05) is 30.0 Å². The van der Waals surface area contributed by atoms with Crippen molar-refractivity contribution in [2.24, 2.45) is 0 Å². The van der Waals surface area contributed by atoms with E-state index < -0.39 is 0 Å². The fourth-order valence-corrected chi connectivity index (χ4v) is 2.47. The highest BCUT2D eigenvalue weighted by Gasteiger charge is 2.05. The minimum Gasteiger partial charge on any atom is -0.492 e. The van der Waals surface area contributed by atoms with Crippen LogP contribution in [0.3, 0.4) is 0 Å². The molecule has 0 amide bonds. The van der Waals surface area contributed by atoms with Crippen molar-refractivity contribution >= 4 is 28.3 Å². The molecule has 2 heterocycles. The topological polar surface area (TPSA) is 49.9 Å². The second-order valence-corrected chi connectivity index (χ2v) is 5.05. The van der Waals surface area contributed by atoms with E-state index in [9.17, 15) is 0 Å². The van der Waals surface area contributed by atoms with E-state index in [1.807, 2.05) is 37.4 Å². The SMILES string of the molecule is CCOc1ccc(NCc2c[nH]c3ncccc23)cc1Cl. The van der Waals surface area contributed by atoms with Crippen molar-refractivity contribution in [2.45, 2.75) is 13.5 Å². The lowest BCUT2D eigenvalue weighted by Crippen LogP contribution is -1.99. The molecular formula is C16H16ClN3O. The van der Waals surface area contributed by atoms with E-state index in [2.05, 4.69) is 21.4 Å². The lowest BCUT2D eigenvalue weighted by atomic mass is 10.2. The van der Waals surface area contributed by atoms with Gasteiger partial charge in [-0.1, -0.05) is 11.6 Å². The summed E-state index contributed by atoms with van der Waals surface area (Å²) in [4.78, 5) is 7.45. The highest BCUT2D eigenvalue weighted by molar-refractivity contribution is 6.32. The largest absolute Gasteiger partial charge is 0.492 e. The van der Waals surface area contributed by atoms with Gasteiger partial charge in [-0.05, 0) is 42.8 Å². The van der Waals surface area contributed by atoms with Gasteiger partial charge in [-0.3, -0.25) is 0 Å². The number of aromatic nitrogens is 2. The van der Waals surface area contributed by atoms with Crippen LogP contribution in [0.4, 0.5) is 5.69 Å². The van der Waals surface area contributed by atoms with Crippen LogP contribution in [-0.4, -0.2) is 16.6 Å². The Balaban J connectivity index is 1.74. The van der Waals surface area contributed by atoms with Crippen molar-refractivity contribution < 1.29 is 4.74 Å². The van der Waals surface area contributed by atoms with E-state index in [-0.39, 0.29) is 0 Å². The molecule has 0 aliphatic carbocycles. The zero-order valence-corrected chi connectivity index (χ0v) is 12.4. The normalized spacial score (nSPS) is 10.8. The molecule has 2 N–H and O–H groups in total. The van der Waals surface area contributed by atoms with E-state index in [0.29, 0.717) is 23.9 Å².